The molecular weight excluding hydrogens is 264 g/mol. The summed E-state index contributed by atoms with van der Waals surface area (Å²) in [5.74, 6) is -1.39. The van der Waals surface area contributed by atoms with E-state index in [1.54, 1.807) is 6.07 Å². The van der Waals surface area contributed by atoms with Gasteiger partial charge in [-0.05, 0) is 36.8 Å². The Morgan fingerprint density at radius 1 is 1.15 bits per heavy atom. The maximum atomic E-state index is 13.8. The number of ether oxygens (including phenoxy) is 1. The largest absolute Gasteiger partial charge is 0.454 e. The molecule has 0 aliphatic heterocycles. The third-order valence-electron chi connectivity index (χ3n) is 2.73. The van der Waals surface area contributed by atoms with Crippen molar-refractivity contribution in [1.29, 1.82) is 5.26 Å². The van der Waals surface area contributed by atoms with Gasteiger partial charge in [-0.25, -0.2) is 8.78 Å². The second-order valence-corrected chi connectivity index (χ2v) is 4.22. The van der Waals surface area contributed by atoms with E-state index in [0.717, 1.165) is 12.1 Å². The number of aliphatic hydroxyl groups excluding tert-OH is 1. The molecule has 0 heterocycles. The van der Waals surface area contributed by atoms with Crippen LogP contribution in [0.3, 0.4) is 0 Å². The van der Waals surface area contributed by atoms with Gasteiger partial charge in [-0.2, -0.15) is 5.26 Å². The first-order chi connectivity index (χ1) is 9.51. The quantitative estimate of drug-likeness (QED) is 0.929. The SMILES string of the molecule is C[C@H](O)c1ccc(Oc2ccc(C#N)c(F)c2)c(F)c1. The molecule has 0 aliphatic carbocycles. The van der Waals surface area contributed by atoms with Crippen LogP contribution in [0.25, 0.3) is 0 Å². The van der Waals surface area contributed by atoms with E-state index in [2.05, 4.69) is 0 Å². The molecule has 3 nitrogen and oxygen atoms in total. The van der Waals surface area contributed by atoms with Gasteiger partial charge in [0.15, 0.2) is 11.6 Å². The van der Waals surface area contributed by atoms with E-state index >= 15 is 0 Å². The summed E-state index contributed by atoms with van der Waals surface area (Å²) in [7, 11) is 0. The number of halogens is 2. The molecule has 2 rings (SSSR count). The van der Waals surface area contributed by atoms with Gasteiger partial charge in [-0.3, -0.25) is 0 Å². The maximum absolute atomic E-state index is 13.8. The molecule has 20 heavy (non-hydrogen) atoms. The zero-order valence-electron chi connectivity index (χ0n) is 10.6. The van der Waals surface area contributed by atoms with Crippen LogP contribution < -0.4 is 4.74 Å². The first kappa shape index (κ1) is 14.0. The van der Waals surface area contributed by atoms with E-state index in [9.17, 15) is 13.9 Å². The van der Waals surface area contributed by atoms with Crippen molar-refractivity contribution in [3.8, 4) is 17.6 Å². The van der Waals surface area contributed by atoms with Gasteiger partial charge in [0.05, 0.1) is 11.7 Å². The number of nitrogens with zero attached hydrogens (tertiary/aromatic N) is 1. The molecule has 0 unspecified atom stereocenters. The molecule has 0 aliphatic rings. The fraction of sp³-hybridized carbons (Fsp3) is 0.133. The topological polar surface area (TPSA) is 53.2 Å². The first-order valence-electron chi connectivity index (χ1n) is 5.86. The molecule has 0 fully saturated rings. The van der Waals surface area contributed by atoms with E-state index in [-0.39, 0.29) is 17.1 Å². The lowest BCUT2D eigenvalue weighted by Crippen LogP contribution is -1.95. The second-order valence-electron chi connectivity index (χ2n) is 4.22. The standard InChI is InChI=1S/C15H11F2NO2/c1-9(19)10-3-5-15(14(17)6-10)20-12-4-2-11(8-18)13(16)7-12/h2-7,9,19H,1H3/t9-/m0/s1. The summed E-state index contributed by atoms with van der Waals surface area (Å²) in [6.07, 6.45) is -0.786. The Morgan fingerprint density at radius 3 is 2.45 bits per heavy atom. The predicted octanol–water partition coefficient (Wildman–Crippen LogP) is 3.68. The van der Waals surface area contributed by atoms with Gasteiger partial charge in [0, 0.05) is 6.07 Å². The van der Waals surface area contributed by atoms with Crippen LogP contribution in [0, 0.1) is 23.0 Å². The van der Waals surface area contributed by atoms with E-state index in [0.29, 0.717) is 5.56 Å². The Balaban J connectivity index is 2.26. The lowest BCUT2D eigenvalue weighted by atomic mass is 10.1. The summed E-state index contributed by atoms with van der Waals surface area (Å²) in [6.45, 7) is 1.52. The Morgan fingerprint density at radius 2 is 1.90 bits per heavy atom. The molecule has 0 amide bonds. The minimum absolute atomic E-state index is 0.0847. The number of hydrogen-bond acceptors (Lipinski definition) is 3. The van der Waals surface area contributed by atoms with Gasteiger partial charge in [0.1, 0.15) is 17.6 Å². The highest BCUT2D eigenvalue weighted by atomic mass is 19.1. The van der Waals surface area contributed by atoms with E-state index in [1.165, 1.54) is 31.2 Å². The molecule has 0 spiro atoms. The fourth-order valence-electron chi connectivity index (χ4n) is 1.64. The van der Waals surface area contributed by atoms with Gasteiger partial charge in [0.2, 0.25) is 0 Å². The Bertz CT molecular complexity index is 678. The fourth-order valence-corrected chi connectivity index (χ4v) is 1.64. The summed E-state index contributed by atoms with van der Waals surface area (Å²) >= 11 is 0. The monoisotopic (exact) mass is 275 g/mol. The number of nitriles is 1. The molecule has 0 aromatic heterocycles. The predicted molar refractivity (Wildman–Crippen MR) is 68.2 cm³/mol. The zero-order valence-corrected chi connectivity index (χ0v) is 10.6. The molecule has 2 aromatic carbocycles. The Labute approximate surface area is 114 Å². The van der Waals surface area contributed by atoms with Gasteiger partial charge in [-0.1, -0.05) is 6.07 Å². The molecule has 2 aromatic rings. The van der Waals surface area contributed by atoms with Gasteiger partial charge >= 0.3 is 0 Å². The van der Waals surface area contributed by atoms with Crippen LogP contribution in [-0.2, 0) is 0 Å². The van der Waals surface area contributed by atoms with Crippen molar-refractivity contribution in [3.05, 3.63) is 59.2 Å². The molecule has 1 N–H and O–H groups in total. The summed E-state index contributed by atoms with van der Waals surface area (Å²) in [5.41, 5.74) is 0.308. The maximum Gasteiger partial charge on any atom is 0.166 e. The lowest BCUT2D eigenvalue weighted by molar-refractivity contribution is 0.198. The third-order valence-corrected chi connectivity index (χ3v) is 2.73. The third kappa shape index (κ3) is 2.92. The average Bonchev–Trinajstić information content (AvgIpc) is 2.41. The highest BCUT2D eigenvalue weighted by Gasteiger charge is 2.10. The van der Waals surface area contributed by atoms with Crippen LogP contribution in [0.2, 0.25) is 0 Å². The molecule has 102 valence electrons. The van der Waals surface area contributed by atoms with Crippen molar-refractivity contribution >= 4 is 0 Å². The van der Waals surface area contributed by atoms with Crippen LogP contribution in [0.4, 0.5) is 8.78 Å². The van der Waals surface area contributed by atoms with Crippen LogP contribution in [0.15, 0.2) is 36.4 Å². The van der Waals surface area contributed by atoms with E-state index in [1.807, 2.05) is 0 Å². The minimum atomic E-state index is -0.786. The number of rotatable bonds is 3. The smallest absolute Gasteiger partial charge is 0.166 e. The van der Waals surface area contributed by atoms with Crippen molar-refractivity contribution < 1.29 is 18.6 Å². The van der Waals surface area contributed by atoms with E-state index < -0.39 is 17.7 Å². The van der Waals surface area contributed by atoms with Crippen molar-refractivity contribution in [3.63, 3.8) is 0 Å². The zero-order chi connectivity index (χ0) is 14.7. The van der Waals surface area contributed by atoms with Crippen LogP contribution in [0.5, 0.6) is 11.5 Å². The van der Waals surface area contributed by atoms with Crippen molar-refractivity contribution in [1.82, 2.24) is 0 Å². The Kier molecular flexibility index (Phi) is 3.97. The number of aliphatic hydroxyl groups is 1. The molecule has 0 saturated heterocycles. The normalized spacial score (nSPS) is 11.8. The Hall–Kier alpha value is -2.45. The summed E-state index contributed by atoms with van der Waals surface area (Å²) in [4.78, 5) is 0. The molecule has 0 radical (unpaired) electrons. The van der Waals surface area contributed by atoms with E-state index in [4.69, 9.17) is 10.00 Å². The average molecular weight is 275 g/mol. The highest BCUT2D eigenvalue weighted by molar-refractivity contribution is 5.39. The summed E-state index contributed by atoms with van der Waals surface area (Å²) in [6, 6.07) is 9.36. The lowest BCUT2D eigenvalue weighted by Gasteiger charge is -2.10. The van der Waals surface area contributed by atoms with Crippen molar-refractivity contribution in [2.75, 3.05) is 0 Å². The van der Waals surface area contributed by atoms with Gasteiger partial charge < -0.3 is 9.84 Å². The molecular formula is C15H11F2NO2. The molecule has 5 heteroatoms. The second kappa shape index (κ2) is 5.68. The number of benzene rings is 2. The van der Waals surface area contributed by atoms with Crippen LogP contribution in [0.1, 0.15) is 24.2 Å². The minimum Gasteiger partial charge on any atom is -0.454 e. The van der Waals surface area contributed by atoms with Crippen molar-refractivity contribution in [2.45, 2.75) is 13.0 Å². The van der Waals surface area contributed by atoms with Gasteiger partial charge in [-0.15, -0.1) is 0 Å². The van der Waals surface area contributed by atoms with Crippen LogP contribution >= 0.6 is 0 Å². The highest BCUT2D eigenvalue weighted by Crippen LogP contribution is 2.27. The first-order valence-corrected chi connectivity index (χ1v) is 5.86. The molecule has 0 bridgehead atoms. The summed E-state index contributed by atoms with van der Waals surface area (Å²) < 4.78 is 32.4. The summed E-state index contributed by atoms with van der Waals surface area (Å²) in [5, 5.41) is 17.9. The number of hydrogen-bond donors (Lipinski definition) is 1. The molecule has 1 atom stereocenters. The van der Waals surface area contributed by atoms with Crippen LogP contribution in [-0.4, -0.2) is 5.11 Å². The van der Waals surface area contributed by atoms with Crippen molar-refractivity contribution in [2.24, 2.45) is 0 Å². The van der Waals surface area contributed by atoms with Gasteiger partial charge in [0.25, 0.3) is 0 Å². The molecule has 0 saturated carbocycles.